The molecule has 0 fully saturated rings. The van der Waals surface area contributed by atoms with Crippen LogP contribution >= 0.6 is 23.5 Å². The van der Waals surface area contributed by atoms with Gasteiger partial charge in [0.1, 0.15) is 4.38 Å². The third kappa shape index (κ3) is 4.11. The van der Waals surface area contributed by atoms with E-state index in [-0.39, 0.29) is 11.2 Å². The number of ketones is 1. The predicted octanol–water partition coefficient (Wildman–Crippen LogP) is 5.83. The smallest absolute Gasteiger partial charge is 0.173 e. The molecule has 0 saturated heterocycles. The molecule has 3 rings (SSSR count). The van der Waals surface area contributed by atoms with Crippen molar-refractivity contribution in [1.29, 1.82) is 0 Å². The van der Waals surface area contributed by atoms with Gasteiger partial charge >= 0.3 is 0 Å². The Labute approximate surface area is 152 Å². The van der Waals surface area contributed by atoms with E-state index in [1.807, 2.05) is 30.3 Å². The fourth-order valence-corrected chi connectivity index (χ4v) is 4.41. The van der Waals surface area contributed by atoms with Gasteiger partial charge in [0.05, 0.1) is 11.4 Å². The van der Waals surface area contributed by atoms with E-state index >= 15 is 0 Å². The monoisotopic (exact) mass is 355 g/mol. The molecule has 2 nitrogen and oxygen atoms in total. The summed E-state index contributed by atoms with van der Waals surface area (Å²) < 4.78 is 0.980. The van der Waals surface area contributed by atoms with Gasteiger partial charge in [-0.05, 0) is 22.6 Å². The number of thioether (sulfide) groups is 2. The number of fused-ring (bicyclic) bond motifs is 1. The summed E-state index contributed by atoms with van der Waals surface area (Å²) in [5.41, 5.74) is 4.42. The molecule has 1 aliphatic heterocycles. The molecule has 0 aliphatic carbocycles. The number of aliphatic imine (C=N–C) groups is 1. The molecule has 4 heteroatoms. The number of rotatable bonds is 3. The van der Waals surface area contributed by atoms with Crippen LogP contribution < -0.4 is 0 Å². The van der Waals surface area contributed by atoms with Crippen molar-refractivity contribution in [2.75, 3.05) is 5.75 Å². The zero-order valence-corrected chi connectivity index (χ0v) is 15.8. The standard InChI is InChI=1S/C20H21NOS2/c1-20(2,3)16-10-8-14(9-11-16)18(22)13-24-19-21-17-7-5-4-6-15(17)12-23-19/h4-11H,12-13H2,1-3H3. The number of para-hydroxylation sites is 1. The number of benzene rings is 2. The summed E-state index contributed by atoms with van der Waals surface area (Å²) in [6.45, 7) is 6.53. The minimum absolute atomic E-state index is 0.108. The minimum atomic E-state index is 0.108. The maximum atomic E-state index is 12.4. The van der Waals surface area contributed by atoms with E-state index in [9.17, 15) is 4.79 Å². The lowest BCUT2D eigenvalue weighted by Crippen LogP contribution is -2.12. The Morgan fingerprint density at radius 2 is 1.83 bits per heavy atom. The molecule has 0 N–H and O–H groups in total. The molecule has 0 aromatic heterocycles. The van der Waals surface area contributed by atoms with Gasteiger partial charge in [0, 0.05) is 11.3 Å². The second-order valence-electron chi connectivity index (χ2n) is 6.83. The average Bonchev–Trinajstić information content (AvgIpc) is 2.59. The highest BCUT2D eigenvalue weighted by Crippen LogP contribution is 2.34. The van der Waals surface area contributed by atoms with Crippen LogP contribution in [0.3, 0.4) is 0 Å². The van der Waals surface area contributed by atoms with Crippen LogP contribution in [0.1, 0.15) is 42.3 Å². The second kappa shape index (κ2) is 7.16. The lowest BCUT2D eigenvalue weighted by molar-refractivity contribution is 0.102. The molecular weight excluding hydrogens is 334 g/mol. The molecule has 2 aromatic rings. The number of Topliss-reactive ketones (excluding diaryl/α,β-unsaturated/α-hetero) is 1. The van der Waals surface area contributed by atoms with E-state index in [1.165, 1.54) is 22.9 Å². The Morgan fingerprint density at radius 1 is 1.12 bits per heavy atom. The van der Waals surface area contributed by atoms with Gasteiger partial charge in [-0.15, -0.1) is 0 Å². The van der Waals surface area contributed by atoms with Crippen molar-refractivity contribution in [3.63, 3.8) is 0 Å². The summed E-state index contributed by atoms with van der Waals surface area (Å²) >= 11 is 3.25. The summed E-state index contributed by atoms with van der Waals surface area (Å²) in [5, 5.41) is 0. The lowest BCUT2D eigenvalue weighted by atomic mass is 9.86. The largest absolute Gasteiger partial charge is 0.293 e. The number of carbonyl (C=O) groups is 1. The van der Waals surface area contributed by atoms with E-state index in [0.29, 0.717) is 5.75 Å². The fraction of sp³-hybridized carbons (Fsp3) is 0.300. The van der Waals surface area contributed by atoms with Crippen molar-refractivity contribution in [3.05, 3.63) is 65.2 Å². The molecule has 0 spiro atoms. The SMILES string of the molecule is CC(C)(C)c1ccc(C(=O)CSC2=Nc3ccccc3CS2)cc1. The Balaban J connectivity index is 1.63. The van der Waals surface area contributed by atoms with Crippen molar-refractivity contribution < 1.29 is 4.79 Å². The summed E-state index contributed by atoms with van der Waals surface area (Å²) in [4.78, 5) is 17.1. The zero-order valence-electron chi connectivity index (χ0n) is 14.2. The van der Waals surface area contributed by atoms with Gasteiger partial charge < -0.3 is 0 Å². The molecule has 0 radical (unpaired) electrons. The van der Waals surface area contributed by atoms with Crippen LogP contribution in [0.2, 0.25) is 0 Å². The highest BCUT2D eigenvalue weighted by Gasteiger charge is 2.16. The first kappa shape index (κ1) is 17.3. The average molecular weight is 356 g/mol. The van der Waals surface area contributed by atoms with Gasteiger partial charge in [0.15, 0.2) is 5.78 Å². The normalized spacial score (nSPS) is 14.0. The summed E-state index contributed by atoms with van der Waals surface area (Å²) in [6, 6.07) is 16.2. The maximum absolute atomic E-state index is 12.4. The van der Waals surface area contributed by atoms with Crippen LogP contribution in [0.15, 0.2) is 53.5 Å². The molecule has 1 heterocycles. The van der Waals surface area contributed by atoms with Crippen molar-refractivity contribution in [2.45, 2.75) is 31.9 Å². The second-order valence-corrected chi connectivity index (χ2v) is 9.02. The van der Waals surface area contributed by atoms with Crippen molar-refractivity contribution in [2.24, 2.45) is 4.99 Å². The van der Waals surface area contributed by atoms with Gasteiger partial charge in [-0.3, -0.25) is 4.79 Å². The molecule has 0 amide bonds. The molecule has 0 atom stereocenters. The summed E-state index contributed by atoms with van der Waals surface area (Å²) in [7, 11) is 0. The first-order chi connectivity index (χ1) is 11.4. The third-order valence-corrected chi connectivity index (χ3v) is 6.20. The van der Waals surface area contributed by atoms with E-state index in [2.05, 4.69) is 44.0 Å². The van der Waals surface area contributed by atoms with E-state index in [4.69, 9.17) is 0 Å². The molecule has 2 aromatic carbocycles. The molecule has 0 bridgehead atoms. The van der Waals surface area contributed by atoms with Crippen LogP contribution in [-0.4, -0.2) is 15.9 Å². The fourth-order valence-electron chi connectivity index (χ4n) is 2.45. The Kier molecular flexibility index (Phi) is 5.16. The molecular formula is C20H21NOS2. The van der Waals surface area contributed by atoms with E-state index in [0.717, 1.165) is 21.4 Å². The predicted molar refractivity (Wildman–Crippen MR) is 107 cm³/mol. The van der Waals surface area contributed by atoms with Crippen molar-refractivity contribution >= 4 is 39.4 Å². The lowest BCUT2D eigenvalue weighted by Gasteiger charge is -2.19. The third-order valence-electron chi connectivity index (χ3n) is 3.95. The summed E-state index contributed by atoms with van der Waals surface area (Å²) in [5.74, 6) is 1.52. The highest BCUT2D eigenvalue weighted by atomic mass is 32.2. The maximum Gasteiger partial charge on any atom is 0.173 e. The molecule has 124 valence electrons. The molecule has 0 unspecified atom stereocenters. The Morgan fingerprint density at radius 3 is 2.54 bits per heavy atom. The van der Waals surface area contributed by atoms with E-state index in [1.54, 1.807) is 11.8 Å². The number of hydrogen-bond donors (Lipinski definition) is 0. The van der Waals surface area contributed by atoms with Crippen molar-refractivity contribution in [3.8, 4) is 0 Å². The zero-order chi connectivity index (χ0) is 17.2. The first-order valence-corrected chi connectivity index (χ1v) is 9.96. The number of hydrogen-bond acceptors (Lipinski definition) is 4. The first-order valence-electron chi connectivity index (χ1n) is 7.99. The quantitative estimate of drug-likeness (QED) is 0.648. The van der Waals surface area contributed by atoms with Gasteiger partial charge in [-0.2, -0.15) is 0 Å². The van der Waals surface area contributed by atoms with Gasteiger partial charge in [-0.1, -0.05) is 86.8 Å². The topological polar surface area (TPSA) is 29.4 Å². The molecule has 0 saturated carbocycles. The van der Waals surface area contributed by atoms with E-state index < -0.39 is 0 Å². The van der Waals surface area contributed by atoms with Crippen LogP contribution in [0.25, 0.3) is 0 Å². The minimum Gasteiger partial charge on any atom is -0.293 e. The Hall–Kier alpha value is -1.52. The van der Waals surface area contributed by atoms with Gasteiger partial charge in [0.2, 0.25) is 0 Å². The number of nitrogens with zero attached hydrogens (tertiary/aromatic N) is 1. The van der Waals surface area contributed by atoms with Crippen LogP contribution in [-0.2, 0) is 11.2 Å². The van der Waals surface area contributed by atoms with Crippen LogP contribution in [0.5, 0.6) is 0 Å². The molecule has 24 heavy (non-hydrogen) atoms. The van der Waals surface area contributed by atoms with Crippen LogP contribution in [0.4, 0.5) is 5.69 Å². The number of carbonyl (C=O) groups excluding carboxylic acids is 1. The molecule has 1 aliphatic rings. The summed E-state index contributed by atoms with van der Waals surface area (Å²) in [6.07, 6.45) is 0. The Bertz CT molecular complexity index is 773. The van der Waals surface area contributed by atoms with Crippen LogP contribution in [0, 0.1) is 0 Å². The van der Waals surface area contributed by atoms with Gasteiger partial charge in [-0.25, -0.2) is 4.99 Å². The van der Waals surface area contributed by atoms with Crippen molar-refractivity contribution in [1.82, 2.24) is 0 Å². The van der Waals surface area contributed by atoms with Gasteiger partial charge in [0.25, 0.3) is 0 Å². The highest BCUT2D eigenvalue weighted by molar-refractivity contribution is 8.38.